The van der Waals surface area contributed by atoms with Crippen molar-refractivity contribution in [3.63, 3.8) is 0 Å². The Hall–Kier alpha value is -3.27. The number of hydrazone groups is 1. The molecule has 2 heterocycles. The first-order valence-electron chi connectivity index (χ1n) is 7.01. The van der Waals surface area contributed by atoms with Crippen LogP contribution < -0.4 is 9.75 Å². The Labute approximate surface area is 145 Å². The summed E-state index contributed by atoms with van der Waals surface area (Å²) in [5, 5.41) is 16.1. The van der Waals surface area contributed by atoms with Crippen LogP contribution in [-0.4, -0.2) is 29.1 Å². The van der Waals surface area contributed by atoms with Gasteiger partial charge in [-0.3, -0.25) is 14.9 Å². The zero-order valence-corrected chi connectivity index (χ0v) is 14.0. The second kappa shape index (κ2) is 6.69. The Morgan fingerprint density at radius 2 is 2.24 bits per heavy atom. The number of thiazole rings is 1. The molecule has 0 aliphatic heterocycles. The summed E-state index contributed by atoms with van der Waals surface area (Å²) in [6.45, 7) is 1.34. The number of furan rings is 1. The molecule has 0 unspecified atom stereocenters. The van der Waals surface area contributed by atoms with Gasteiger partial charge in [0.05, 0.1) is 29.6 Å². The van der Waals surface area contributed by atoms with Gasteiger partial charge in [-0.25, -0.2) is 4.98 Å². The number of benzene rings is 1. The third-order valence-electron chi connectivity index (χ3n) is 3.16. The zero-order valence-electron chi connectivity index (χ0n) is 13.2. The normalized spacial score (nSPS) is 11.1. The van der Waals surface area contributed by atoms with E-state index in [4.69, 9.17) is 9.15 Å². The van der Waals surface area contributed by atoms with Gasteiger partial charge in [0.1, 0.15) is 10.7 Å². The number of amides is 1. The molecule has 0 saturated carbocycles. The molecule has 128 valence electrons. The molecule has 10 heteroatoms. The summed E-state index contributed by atoms with van der Waals surface area (Å²) in [4.78, 5) is 26.2. The van der Waals surface area contributed by atoms with Gasteiger partial charge in [-0.05, 0) is 24.3 Å². The number of anilines is 1. The molecule has 1 aromatic carbocycles. The molecule has 2 aromatic heterocycles. The van der Waals surface area contributed by atoms with Crippen molar-refractivity contribution in [1.29, 1.82) is 0 Å². The maximum absolute atomic E-state index is 11.9. The molecule has 0 saturated heterocycles. The molecular formula is C15H12N4O5S. The van der Waals surface area contributed by atoms with E-state index in [1.165, 1.54) is 36.6 Å². The van der Waals surface area contributed by atoms with Crippen molar-refractivity contribution in [2.75, 3.05) is 12.1 Å². The van der Waals surface area contributed by atoms with E-state index in [9.17, 15) is 14.9 Å². The van der Waals surface area contributed by atoms with Gasteiger partial charge >= 0.3 is 5.88 Å². The molecule has 1 amide bonds. The molecule has 0 bridgehead atoms. The number of methoxy groups -OCH3 is 1. The minimum atomic E-state index is -0.652. The predicted molar refractivity (Wildman–Crippen MR) is 92.3 cm³/mol. The average Bonchev–Trinajstić information content (AvgIpc) is 3.20. The summed E-state index contributed by atoms with van der Waals surface area (Å²) in [5.74, 6) is 0.0791. The molecule has 0 N–H and O–H groups in total. The average molecular weight is 360 g/mol. The molecule has 3 rings (SSSR count). The smallest absolute Gasteiger partial charge is 0.433 e. The summed E-state index contributed by atoms with van der Waals surface area (Å²) in [5.41, 5.74) is 0.705. The minimum absolute atomic E-state index is 0.153. The lowest BCUT2D eigenvalue weighted by molar-refractivity contribution is -0.402. The van der Waals surface area contributed by atoms with Crippen LogP contribution in [0.4, 0.5) is 11.0 Å². The molecular weight excluding hydrogens is 348 g/mol. The van der Waals surface area contributed by atoms with Crippen molar-refractivity contribution in [2.45, 2.75) is 6.92 Å². The van der Waals surface area contributed by atoms with E-state index in [0.29, 0.717) is 16.4 Å². The van der Waals surface area contributed by atoms with E-state index < -0.39 is 10.8 Å². The highest BCUT2D eigenvalue weighted by molar-refractivity contribution is 7.22. The zero-order chi connectivity index (χ0) is 18.0. The van der Waals surface area contributed by atoms with Crippen molar-refractivity contribution in [3.05, 3.63) is 46.2 Å². The van der Waals surface area contributed by atoms with Crippen molar-refractivity contribution < 1.29 is 18.9 Å². The van der Waals surface area contributed by atoms with Crippen LogP contribution in [0.3, 0.4) is 0 Å². The van der Waals surface area contributed by atoms with Gasteiger partial charge in [0.25, 0.3) is 0 Å². The summed E-state index contributed by atoms with van der Waals surface area (Å²) < 4.78 is 11.0. The van der Waals surface area contributed by atoms with Gasteiger partial charge in [-0.1, -0.05) is 11.3 Å². The fraction of sp³-hybridized carbons (Fsp3) is 0.133. The summed E-state index contributed by atoms with van der Waals surface area (Å²) in [6, 6.07) is 7.97. The molecule has 0 aliphatic carbocycles. The van der Waals surface area contributed by atoms with Crippen LogP contribution in [0.1, 0.15) is 12.7 Å². The van der Waals surface area contributed by atoms with Gasteiger partial charge in [-0.15, -0.1) is 0 Å². The van der Waals surface area contributed by atoms with Gasteiger partial charge in [0.2, 0.25) is 11.0 Å². The first kappa shape index (κ1) is 16.6. The lowest BCUT2D eigenvalue weighted by Gasteiger charge is -2.09. The third kappa shape index (κ3) is 3.48. The SMILES string of the molecule is COc1ccc2nc(N(/N=C/c3ccc([N+](=O)[O-])o3)C(C)=O)sc2c1. The number of rotatable bonds is 5. The van der Waals surface area contributed by atoms with E-state index >= 15 is 0 Å². The highest BCUT2D eigenvalue weighted by Crippen LogP contribution is 2.31. The summed E-state index contributed by atoms with van der Waals surface area (Å²) in [7, 11) is 1.57. The van der Waals surface area contributed by atoms with Gasteiger partial charge in [0.15, 0.2) is 5.76 Å². The largest absolute Gasteiger partial charge is 0.497 e. The van der Waals surface area contributed by atoms with Crippen LogP contribution in [0.5, 0.6) is 5.75 Å². The molecule has 9 nitrogen and oxygen atoms in total. The first-order valence-corrected chi connectivity index (χ1v) is 7.83. The lowest BCUT2D eigenvalue weighted by atomic mass is 10.3. The standard InChI is InChI=1S/C15H12N4O5S/c1-9(20)18(16-8-11-4-6-14(24-11)19(21)22)15-17-12-5-3-10(23-2)7-13(12)25-15/h3-8H,1-2H3/b16-8+. The van der Waals surface area contributed by atoms with E-state index in [-0.39, 0.29) is 11.7 Å². The highest BCUT2D eigenvalue weighted by Gasteiger charge is 2.17. The Balaban J connectivity index is 1.91. The van der Waals surface area contributed by atoms with Crippen molar-refractivity contribution >= 4 is 44.7 Å². The quantitative estimate of drug-likeness (QED) is 0.392. The van der Waals surface area contributed by atoms with Crippen molar-refractivity contribution in [3.8, 4) is 5.75 Å². The molecule has 0 fully saturated rings. The molecule has 25 heavy (non-hydrogen) atoms. The molecule has 0 atom stereocenters. The van der Waals surface area contributed by atoms with Crippen LogP contribution >= 0.6 is 11.3 Å². The van der Waals surface area contributed by atoms with Gasteiger partial charge in [0, 0.05) is 6.92 Å². The monoisotopic (exact) mass is 360 g/mol. The van der Waals surface area contributed by atoms with Crippen LogP contribution in [-0.2, 0) is 4.79 Å². The van der Waals surface area contributed by atoms with Crippen LogP contribution in [0, 0.1) is 10.1 Å². The topological polar surface area (TPSA) is 111 Å². The first-order chi connectivity index (χ1) is 12.0. The Morgan fingerprint density at radius 3 is 2.88 bits per heavy atom. The molecule has 3 aromatic rings. The van der Waals surface area contributed by atoms with Crippen molar-refractivity contribution in [1.82, 2.24) is 4.98 Å². The Bertz CT molecular complexity index is 977. The third-order valence-corrected chi connectivity index (χ3v) is 4.15. The van der Waals surface area contributed by atoms with E-state index in [1.807, 2.05) is 6.07 Å². The summed E-state index contributed by atoms with van der Waals surface area (Å²) in [6.07, 6.45) is 1.22. The maximum atomic E-state index is 11.9. The van der Waals surface area contributed by atoms with Crippen LogP contribution in [0.15, 0.2) is 39.9 Å². The van der Waals surface area contributed by atoms with E-state index in [0.717, 1.165) is 9.71 Å². The molecule has 0 spiro atoms. The number of nitro groups is 1. The molecule has 0 aliphatic rings. The number of carbonyl (C=O) groups is 1. The second-order valence-electron chi connectivity index (χ2n) is 4.84. The predicted octanol–water partition coefficient (Wildman–Crippen LogP) is 3.19. The number of nitrogens with zero attached hydrogens (tertiary/aromatic N) is 4. The lowest BCUT2D eigenvalue weighted by Crippen LogP contribution is -2.22. The van der Waals surface area contributed by atoms with E-state index in [1.54, 1.807) is 19.2 Å². The number of fused-ring (bicyclic) bond motifs is 1. The number of ether oxygens (including phenoxy) is 1. The number of carbonyl (C=O) groups excluding carboxylic acids is 1. The molecule has 0 radical (unpaired) electrons. The number of hydrogen-bond donors (Lipinski definition) is 0. The van der Waals surface area contributed by atoms with Crippen LogP contribution in [0.25, 0.3) is 10.2 Å². The maximum Gasteiger partial charge on any atom is 0.433 e. The number of hydrogen-bond acceptors (Lipinski definition) is 8. The second-order valence-corrected chi connectivity index (χ2v) is 5.85. The highest BCUT2D eigenvalue weighted by atomic mass is 32.1. The fourth-order valence-corrected chi connectivity index (χ4v) is 3.00. The Morgan fingerprint density at radius 1 is 1.44 bits per heavy atom. The van der Waals surface area contributed by atoms with Crippen molar-refractivity contribution in [2.24, 2.45) is 5.10 Å². The fourth-order valence-electron chi connectivity index (χ4n) is 2.00. The van der Waals surface area contributed by atoms with E-state index in [2.05, 4.69) is 10.1 Å². The summed E-state index contributed by atoms with van der Waals surface area (Å²) >= 11 is 1.27. The minimum Gasteiger partial charge on any atom is -0.497 e. The van der Waals surface area contributed by atoms with Gasteiger partial charge in [-0.2, -0.15) is 10.1 Å². The van der Waals surface area contributed by atoms with Crippen LogP contribution in [0.2, 0.25) is 0 Å². The number of aromatic nitrogens is 1. The Kier molecular flexibility index (Phi) is 4.44. The van der Waals surface area contributed by atoms with Gasteiger partial charge < -0.3 is 9.15 Å².